The highest BCUT2D eigenvalue weighted by Gasteiger charge is 2.42. The van der Waals surface area contributed by atoms with Gasteiger partial charge in [0.15, 0.2) is 5.43 Å². The molecule has 1 aliphatic rings. The second kappa shape index (κ2) is 7.40. The van der Waals surface area contributed by atoms with Crippen LogP contribution >= 0.6 is 0 Å². The van der Waals surface area contributed by atoms with Gasteiger partial charge in [-0.3, -0.25) is 9.59 Å². The van der Waals surface area contributed by atoms with Crippen LogP contribution in [0.1, 0.15) is 33.3 Å². The lowest BCUT2D eigenvalue weighted by atomic mass is 9.98. The third kappa shape index (κ3) is 3.17. The molecule has 1 unspecified atom stereocenters. The number of fused-ring (bicyclic) bond motifs is 2. The highest BCUT2D eigenvalue weighted by Crippen LogP contribution is 2.39. The average molecular weight is 415 g/mol. The van der Waals surface area contributed by atoms with Crippen molar-refractivity contribution in [3.8, 4) is 5.75 Å². The van der Waals surface area contributed by atoms with E-state index in [0.29, 0.717) is 22.3 Å². The monoisotopic (exact) mass is 415 g/mol. The third-order valence-electron chi connectivity index (χ3n) is 5.57. The number of carbonyl (C=O) groups is 1. The Bertz CT molecular complexity index is 1340. The molecule has 0 saturated heterocycles. The van der Waals surface area contributed by atoms with Gasteiger partial charge in [-0.2, -0.15) is 0 Å². The van der Waals surface area contributed by atoms with Crippen molar-refractivity contribution in [2.45, 2.75) is 12.6 Å². The van der Waals surface area contributed by atoms with E-state index < -0.39 is 6.04 Å². The fourth-order valence-corrected chi connectivity index (χ4v) is 4.05. The quantitative estimate of drug-likeness (QED) is 0.485. The molecule has 0 bridgehead atoms. The molecule has 1 amide bonds. The minimum atomic E-state index is -0.675. The van der Waals surface area contributed by atoms with Gasteiger partial charge in [-0.25, -0.2) is 4.39 Å². The Morgan fingerprint density at radius 2 is 1.68 bits per heavy atom. The van der Waals surface area contributed by atoms with Crippen LogP contribution in [0, 0.1) is 5.82 Å². The maximum Gasteiger partial charge on any atom is 0.291 e. The van der Waals surface area contributed by atoms with E-state index in [1.54, 1.807) is 48.4 Å². The molecule has 0 spiro atoms. The first kappa shape index (κ1) is 19.1. The normalized spacial score (nSPS) is 15.4. The van der Waals surface area contributed by atoms with Crippen LogP contribution in [-0.2, 0) is 6.54 Å². The van der Waals surface area contributed by atoms with E-state index in [1.807, 2.05) is 24.3 Å². The van der Waals surface area contributed by atoms with Gasteiger partial charge in [-0.1, -0.05) is 36.4 Å². The summed E-state index contributed by atoms with van der Waals surface area (Å²) in [6, 6.07) is 19.4. The molecule has 5 nitrogen and oxygen atoms in total. The summed E-state index contributed by atoms with van der Waals surface area (Å²) in [4.78, 5) is 28.3. The molecular formula is C25H18FNO4. The number of carbonyl (C=O) groups excluding carboxylic acids is 1. The number of benzene rings is 3. The summed E-state index contributed by atoms with van der Waals surface area (Å²) >= 11 is 0. The Morgan fingerprint density at radius 1 is 0.968 bits per heavy atom. The van der Waals surface area contributed by atoms with Crippen LogP contribution in [0.3, 0.4) is 0 Å². The fourth-order valence-electron chi connectivity index (χ4n) is 4.05. The molecule has 1 atom stereocenters. The van der Waals surface area contributed by atoms with Crippen molar-refractivity contribution in [2.24, 2.45) is 0 Å². The van der Waals surface area contributed by atoms with E-state index in [4.69, 9.17) is 9.15 Å². The van der Waals surface area contributed by atoms with Crippen LogP contribution < -0.4 is 10.2 Å². The summed E-state index contributed by atoms with van der Waals surface area (Å²) in [6.45, 7) is 0.255. The Labute approximate surface area is 177 Å². The Morgan fingerprint density at radius 3 is 2.39 bits per heavy atom. The molecule has 3 aromatic carbocycles. The fraction of sp³-hybridized carbons (Fsp3) is 0.120. The number of para-hydroxylation sites is 1. The second-order valence-corrected chi connectivity index (χ2v) is 7.41. The van der Waals surface area contributed by atoms with Crippen molar-refractivity contribution in [3.05, 3.63) is 111 Å². The zero-order valence-electron chi connectivity index (χ0n) is 16.7. The molecule has 2 heterocycles. The average Bonchev–Trinajstić information content (AvgIpc) is 3.07. The number of amides is 1. The standard InChI is InChI=1S/C25H18FNO4/c1-30-18-12-6-15(7-13-18)14-27-22(16-8-10-17(26)11-9-16)21-23(28)19-4-2-3-5-20(19)31-24(21)25(27)29/h2-13,22H,14H2,1H3. The SMILES string of the molecule is COc1ccc(CN2C(=O)c3oc4ccccc4c(=O)c3C2c2ccc(F)cc2)cc1. The summed E-state index contributed by atoms with van der Waals surface area (Å²) in [7, 11) is 1.59. The summed E-state index contributed by atoms with van der Waals surface area (Å²) in [5, 5.41) is 0.410. The van der Waals surface area contributed by atoms with E-state index in [1.165, 1.54) is 12.1 Å². The number of ether oxygens (including phenoxy) is 1. The number of halogens is 1. The number of rotatable bonds is 4. The van der Waals surface area contributed by atoms with E-state index in [0.717, 1.165) is 5.56 Å². The van der Waals surface area contributed by atoms with Gasteiger partial charge >= 0.3 is 0 Å². The van der Waals surface area contributed by atoms with E-state index in [9.17, 15) is 14.0 Å². The smallest absolute Gasteiger partial charge is 0.291 e. The van der Waals surface area contributed by atoms with Gasteiger partial charge in [0.25, 0.3) is 5.91 Å². The lowest BCUT2D eigenvalue weighted by molar-refractivity contribution is 0.0714. The highest BCUT2D eigenvalue weighted by molar-refractivity contribution is 5.99. The first-order chi connectivity index (χ1) is 15.1. The molecule has 0 N–H and O–H groups in total. The molecule has 154 valence electrons. The molecule has 6 heteroatoms. The lowest BCUT2D eigenvalue weighted by Gasteiger charge is -2.25. The topological polar surface area (TPSA) is 59.8 Å². The molecule has 0 saturated carbocycles. The van der Waals surface area contributed by atoms with Crippen LogP contribution in [0.15, 0.2) is 82.0 Å². The van der Waals surface area contributed by atoms with Crippen LogP contribution in [0.2, 0.25) is 0 Å². The highest BCUT2D eigenvalue weighted by atomic mass is 19.1. The maximum absolute atomic E-state index is 13.6. The lowest BCUT2D eigenvalue weighted by Crippen LogP contribution is -2.29. The van der Waals surface area contributed by atoms with Crippen molar-refractivity contribution < 1.29 is 18.3 Å². The maximum atomic E-state index is 13.6. The van der Waals surface area contributed by atoms with Crippen molar-refractivity contribution in [2.75, 3.05) is 7.11 Å². The number of hydrogen-bond acceptors (Lipinski definition) is 4. The number of nitrogens with zero attached hydrogens (tertiary/aromatic N) is 1. The first-order valence-corrected chi connectivity index (χ1v) is 9.82. The molecular weight excluding hydrogens is 397 g/mol. The first-order valence-electron chi connectivity index (χ1n) is 9.82. The van der Waals surface area contributed by atoms with Gasteiger partial charge in [0.05, 0.1) is 24.1 Å². The van der Waals surface area contributed by atoms with Gasteiger partial charge in [0.1, 0.15) is 17.1 Å². The molecule has 0 fully saturated rings. The van der Waals surface area contributed by atoms with Gasteiger partial charge in [-0.05, 0) is 47.5 Å². The van der Waals surface area contributed by atoms with Crippen LogP contribution in [0.4, 0.5) is 4.39 Å². The molecule has 1 aliphatic heterocycles. The van der Waals surface area contributed by atoms with Crippen molar-refractivity contribution in [1.82, 2.24) is 4.90 Å². The molecule has 1 aromatic heterocycles. The predicted molar refractivity (Wildman–Crippen MR) is 114 cm³/mol. The van der Waals surface area contributed by atoms with Crippen LogP contribution in [-0.4, -0.2) is 17.9 Å². The molecule has 4 aromatic rings. The van der Waals surface area contributed by atoms with E-state index in [-0.39, 0.29) is 35.0 Å². The summed E-state index contributed by atoms with van der Waals surface area (Å²) < 4.78 is 24.7. The second-order valence-electron chi connectivity index (χ2n) is 7.41. The molecule has 0 radical (unpaired) electrons. The Balaban J connectivity index is 1.67. The van der Waals surface area contributed by atoms with Crippen molar-refractivity contribution in [1.29, 1.82) is 0 Å². The zero-order valence-corrected chi connectivity index (χ0v) is 16.7. The van der Waals surface area contributed by atoms with Gasteiger partial charge in [-0.15, -0.1) is 0 Å². The van der Waals surface area contributed by atoms with Crippen LogP contribution in [0.25, 0.3) is 11.0 Å². The van der Waals surface area contributed by atoms with Gasteiger partial charge in [0, 0.05) is 6.54 Å². The Hall–Kier alpha value is -3.93. The molecule has 0 aliphatic carbocycles. The van der Waals surface area contributed by atoms with E-state index >= 15 is 0 Å². The largest absolute Gasteiger partial charge is 0.497 e. The predicted octanol–water partition coefficient (Wildman–Crippen LogP) is 4.69. The minimum Gasteiger partial charge on any atom is -0.497 e. The summed E-state index contributed by atoms with van der Waals surface area (Å²) in [5.41, 5.74) is 1.90. The third-order valence-corrected chi connectivity index (χ3v) is 5.57. The Kier molecular flexibility index (Phi) is 4.55. The van der Waals surface area contributed by atoms with Crippen LogP contribution in [0.5, 0.6) is 5.75 Å². The number of hydrogen-bond donors (Lipinski definition) is 0. The van der Waals surface area contributed by atoms with Crippen molar-refractivity contribution >= 4 is 16.9 Å². The van der Waals surface area contributed by atoms with Gasteiger partial charge < -0.3 is 14.1 Å². The molecule has 5 rings (SSSR count). The number of methoxy groups -OCH3 is 1. The molecule has 31 heavy (non-hydrogen) atoms. The van der Waals surface area contributed by atoms with E-state index in [2.05, 4.69) is 0 Å². The minimum absolute atomic E-state index is 0.0338. The summed E-state index contributed by atoms with van der Waals surface area (Å²) in [5.74, 6) is -0.0203. The van der Waals surface area contributed by atoms with Gasteiger partial charge in [0.2, 0.25) is 5.76 Å². The summed E-state index contributed by atoms with van der Waals surface area (Å²) in [6.07, 6.45) is 0. The zero-order chi connectivity index (χ0) is 21.5. The van der Waals surface area contributed by atoms with Crippen molar-refractivity contribution in [3.63, 3.8) is 0 Å².